The molecule has 11 aromatic rings. The molecule has 0 saturated carbocycles. The first-order chi connectivity index (χ1) is 31.6. The molecule has 1 atom stereocenters. The lowest BCUT2D eigenvalue weighted by atomic mass is 9.74. The van der Waals surface area contributed by atoms with Crippen molar-refractivity contribution in [2.45, 2.75) is 12.3 Å². The van der Waals surface area contributed by atoms with Crippen molar-refractivity contribution < 1.29 is 0 Å². The number of benzene rings is 10. The molecule has 0 aliphatic heterocycles. The Kier molecular flexibility index (Phi) is 9.21. The van der Waals surface area contributed by atoms with Crippen molar-refractivity contribution in [2.24, 2.45) is 0 Å². The summed E-state index contributed by atoms with van der Waals surface area (Å²) in [6, 6.07) is 89.2. The lowest BCUT2D eigenvalue weighted by molar-refractivity contribution is 0.714. The highest BCUT2D eigenvalue weighted by Gasteiger charge is 2.41. The Balaban J connectivity index is 1.06. The highest BCUT2D eigenvalue weighted by molar-refractivity contribution is 7.25. The topological polar surface area (TPSA) is 3.24 Å². The summed E-state index contributed by atoms with van der Waals surface area (Å²) >= 11 is 1.87. The lowest BCUT2D eigenvalue weighted by Gasteiger charge is -2.31. The summed E-state index contributed by atoms with van der Waals surface area (Å²) in [5.41, 5.74) is 19.2. The molecule has 64 heavy (non-hydrogen) atoms. The summed E-state index contributed by atoms with van der Waals surface area (Å²) in [5, 5.41) is 2.63. The quantitative estimate of drug-likeness (QED) is 0.147. The van der Waals surface area contributed by atoms with E-state index >= 15 is 0 Å². The van der Waals surface area contributed by atoms with Gasteiger partial charge in [0, 0.05) is 42.5 Å². The first-order valence-electron chi connectivity index (χ1n) is 22.1. The number of hydrogen-bond acceptors (Lipinski definition) is 2. The molecule has 302 valence electrons. The predicted octanol–water partition coefficient (Wildman–Crippen LogP) is 17.5. The fourth-order valence-corrected chi connectivity index (χ4v) is 11.5. The molecule has 0 bridgehead atoms. The molecule has 1 unspecified atom stereocenters. The molecule has 1 aliphatic rings. The fraction of sp³-hybridized carbons (Fsp3) is 0.0323. The van der Waals surface area contributed by atoms with Crippen LogP contribution in [0.3, 0.4) is 0 Å². The molecular weight excluding hydrogens is 791 g/mol. The number of anilines is 3. The van der Waals surface area contributed by atoms with Crippen molar-refractivity contribution in [3.63, 3.8) is 0 Å². The summed E-state index contributed by atoms with van der Waals surface area (Å²) in [6.07, 6.45) is 0. The molecule has 10 aromatic carbocycles. The first-order valence-corrected chi connectivity index (χ1v) is 22.9. The largest absolute Gasteiger partial charge is 0.310 e. The van der Waals surface area contributed by atoms with Crippen molar-refractivity contribution >= 4 is 48.6 Å². The van der Waals surface area contributed by atoms with Gasteiger partial charge in [0.25, 0.3) is 0 Å². The van der Waals surface area contributed by atoms with E-state index in [9.17, 15) is 0 Å². The molecule has 0 spiro atoms. The summed E-state index contributed by atoms with van der Waals surface area (Å²) in [7, 11) is 0. The molecule has 2 heteroatoms. The Morgan fingerprint density at radius 1 is 0.344 bits per heavy atom. The van der Waals surface area contributed by atoms with Gasteiger partial charge in [0.15, 0.2) is 0 Å². The minimum atomic E-state index is -0.284. The van der Waals surface area contributed by atoms with Crippen LogP contribution in [-0.2, 0) is 5.41 Å². The van der Waals surface area contributed by atoms with E-state index in [0.29, 0.717) is 0 Å². The predicted molar refractivity (Wildman–Crippen MR) is 273 cm³/mol. The minimum absolute atomic E-state index is 0.284. The molecule has 1 aromatic heterocycles. The van der Waals surface area contributed by atoms with Gasteiger partial charge in [0.2, 0.25) is 0 Å². The normalized spacial score (nSPS) is 14.1. The van der Waals surface area contributed by atoms with Crippen molar-refractivity contribution in [3.05, 3.63) is 259 Å². The molecule has 0 radical (unpaired) electrons. The second kappa shape index (κ2) is 15.5. The summed E-state index contributed by atoms with van der Waals surface area (Å²) in [5.74, 6) is 0. The average Bonchev–Trinajstić information content (AvgIpc) is 3.88. The van der Waals surface area contributed by atoms with Gasteiger partial charge in [-0.05, 0) is 116 Å². The number of para-hydroxylation sites is 1. The Hall–Kier alpha value is -7.78. The van der Waals surface area contributed by atoms with Crippen molar-refractivity contribution in [2.75, 3.05) is 4.90 Å². The van der Waals surface area contributed by atoms with Gasteiger partial charge in [-0.15, -0.1) is 11.3 Å². The van der Waals surface area contributed by atoms with E-state index in [2.05, 4.69) is 254 Å². The molecule has 12 rings (SSSR count). The average molecular weight is 834 g/mol. The van der Waals surface area contributed by atoms with E-state index in [1.807, 2.05) is 11.3 Å². The van der Waals surface area contributed by atoms with Crippen LogP contribution >= 0.6 is 11.3 Å². The van der Waals surface area contributed by atoms with Crippen LogP contribution in [0, 0.1) is 0 Å². The standard InChI is InChI=1S/C62H43NS/c1-62(44-21-6-3-7-22-44)56-31-15-12-27-52(56)55-41-46(39-40-57(55)62)63(45-37-35-43(36-38-45)48-30-18-34-60-61(48)54-29-14-17-33-59(54)64-60)58-32-16-13-28-53(58)51-26-11-10-25-50(51)49-24-9-8-23-47(49)42-19-4-2-5-20-42/h2-41H,1H3. The Bertz CT molecular complexity index is 3510. The van der Waals surface area contributed by atoms with Crippen LogP contribution in [0.15, 0.2) is 243 Å². The van der Waals surface area contributed by atoms with E-state index in [1.165, 1.54) is 86.9 Å². The number of thiophene rings is 1. The molecule has 0 fully saturated rings. The smallest absolute Gasteiger partial charge is 0.0540 e. The van der Waals surface area contributed by atoms with Crippen LogP contribution in [0.5, 0.6) is 0 Å². The van der Waals surface area contributed by atoms with Gasteiger partial charge >= 0.3 is 0 Å². The number of fused-ring (bicyclic) bond motifs is 6. The third kappa shape index (κ3) is 6.13. The zero-order valence-electron chi connectivity index (χ0n) is 35.4. The third-order valence-corrected chi connectivity index (χ3v) is 14.5. The van der Waals surface area contributed by atoms with E-state index < -0.39 is 0 Å². The summed E-state index contributed by atoms with van der Waals surface area (Å²) in [6.45, 7) is 2.39. The van der Waals surface area contributed by atoms with Gasteiger partial charge < -0.3 is 4.90 Å². The van der Waals surface area contributed by atoms with Crippen LogP contribution < -0.4 is 4.90 Å². The Morgan fingerprint density at radius 2 is 0.859 bits per heavy atom. The SMILES string of the molecule is CC1(c2ccccc2)c2ccccc2-c2cc(N(c3ccc(-c4cccc5sc6ccccc6c45)cc3)c3ccccc3-c3ccccc3-c3ccccc3-c3ccccc3)ccc21. The molecule has 0 amide bonds. The maximum atomic E-state index is 2.47. The molecule has 1 aliphatic carbocycles. The van der Waals surface area contributed by atoms with E-state index in [-0.39, 0.29) is 5.41 Å². The van der Waals surface area contributed by atoms with E-state index in [1.54, 1.807) is 0 Å². The zero-order chi connectivity index (χ0) is 42.6. The van der Waals surface area contributed by atoms with Gasteiger partial charge in [-0.1, -0.05) is 200 Å². The highest BCUT2D eigenvalue weighted by atomic mass is 32.1. The van der Waals surface area contributed by atoms with Gasteiger partial charge in [-0.3, -0.25) is 0 Å². The van der Waals surface area contributed by atoms with Crippen LogP contribution in [-0.4, -0.2) is 0 Å². The fourth-order valence-electron chi connectivity index (χ4n) is 10.4. The number of nitrogens with zero attached hydrogens (tertiary/aromatic N) is 1. The van der Waals surface area contributed by atoms with Crippen LogP contribution in [0.1, 0.15) is 23.6 Å². The van der Waals surface area contributed by atoms with Gasteiger partial charge in [0.05, 0.1) is 5.69 Å². The summed E-state index contributed by atoms with van der Waals surface area (Å²) < 4.78 is 2.63. The molecular formula is C62H43NS. The van der Waals surface area contributed by atoms with Gasteiger partial charge in [0.1, 0.15) is 0 Å². The first kappa shape index (κ1) is 37.9. The molecule has 0 N–H and O–H groups in total. The Labute approximate surface area is 378 Å². The maximum absolute atomic E-state index is 2.47. The van der Waals surface area contributed by atoms with Crippen molar-refractivity contribution in [1.29, 1.82) is 0 Å². The lowest BCUT2D eigenvalue weighted by Crippen LogP contribution is -2.22. The summed E-state index contributed by atoms with van der Waals surface area (Å²) in [4.78, 5) is 2.47. The maximum Gasteiger partial charge on any atom is 0.0540 e. The second-order valence-corrected chi connectivity index (χ2v) is 18.0. The van der Waals surface area contributed by atoms with Crippen LogP contribution in [0.4, 0.5) is 17.1 Å². The van der Waals surface area contributed by atoms with E-state index in [4.69, 9.17) is 0 Å². The van der Waals surface area contributed by atoms with Gasteiger partial charge in [-0.25, -0.2) is 0 Å². The van der Waals surface area contributed by atoms with Crippen molar-refractivity contribution in [3.8, 4) is 55.6 Å². The number of hydrogen-bond donors (Lipinski definition) is 0. The zero-order valence-corrected chi connectivity index (χ0v) is 36.3. The monoisotopic (exact) mass is 833 g/mol. The van der Waals surface area contributed by atoms with Crippen LogP contribution in [0.2, 0.25) is 0 Å². The van der Waals surface area contributed by atoms with Crippen molar-refractivity contribution in [1.82, 2.24) is 0 Å². The Morgan fingerprint density at radius 3 is 1.62 bits per heavy atom. The number of rotatable bonds is 8. The molecule has 0 saturated heterocycles. The minimum Gasteiger partial charge on any atom is -0.310 e. The van der Waals surface area contributed by atoms with Gasteiger partial charge in [-0.2, -0.15) is 0 Å². The highest BCUT2D eigenvalue weighted by Crippen LogP contribution is 2.54. The van der Waals surface area contributed by atoms with Crippen LogP contribution in [0.25, 0.3) is 75.8 Å². The molecule has 1 nitrogen and oxygen atoms in total. The molecule has 1 heterocycles. The van der Waals surface area contributed by atoms with E-state index in [0.717, 1.165) is 22.6 Å². The third-order valence-electron chi connectivity index (χ3n) is 13.4. The second-order valence-electron chi connectivity index (χ2n) is 16.9.